The molecule has 0 amide bonds. The van der Waals surface area contributed by atoms with Gasteiger partial charge in [-0.3, -0.25) is 23.4 Å². The van der Waals surface area contributed by atoms with Gasteiger partial charge in [-0.05, 0) is 38.5 Å². The Labute approximate surface area is 379 Å². The molecule has 0 bridgehead atoms. The number of rotatable bonds is 48. The summed E-state index contributed by atoms with van der Waals surface area (Å²) in [5.74, 6) is -1.45. The third-order valence-corrected chi connectivity index (χ3v) is 12.1. The fraction of sp³-hybridized carbons (Fsp3) is 0.900. The number of esters is 3. The van der Waals surface area contributed by atoms with Gasteiger partial charge in [0.2, 0.25) is 0 Å². The summed E-state index contributed by atoms with van der Waals surface area (Å²) < 4.78 is 39.3. The summed E-state index contributed by atoms with van der Waals surface area (Å²) >= 11 is 0. The topological polar surface area (TPSA) is 155 Å². The van der Waals surface area contributed by atoms with Crippen molar-refractivity contribution < 1.29 is 52.2 Å². The molecule has 0 heterocycles. The van der Waals surface area contributed by atoms with Crippen molar-refractivity contribution in [2.75, 3.05) is 26.4 Å². The first-order valence-corrected chi connectivity index (χ1v) is 27.1. The molecular formula is C50H95O11P. The Bertz CT molecular complexity index is 1100. The monoisotopic (exact) mass is 903 g/mol. The second-order valence-corrected chi connectivity index (χ2v) is 18.8. The van der Waals surface area contributed by atoms with Crippen LogP contribution in [0, 0.1) is 0 Å². The van der Waals surface area contributed by atoms with Crippen LogP contribution in [0.15, 0.2) is 12.2 Å². The summed E-state index contributed by atoms with van der Waals surface area (Å²) in [4.78, 5) is 48.2. The highest BCUT2D eigenvalue weighted by Crippen LogP contribution is 2.43. The average molecular weight is 903 g/mol. The normalized spacial score (nSPS) is 13.6. The number of carbonyl (C=O) groups excluding carboxylic acids is 3. The van der Waals surface area contributed by atoms with E-state index < -0.39 is 57.8 Å². The van der Waals surface area contributed by atoms with E-state index in [-0.39, 0.29) is 25.9 Å². The maximum Gasteiger partial charge on any atom is 0.472 e. The van der Waals surface area contributed by atoms with Gasteiger partial charge in [-0.2, -0.15) is 0 Å². The Morgan fingerprint density at radius 2 is 0.758 bits per heavy atom. The second kappa shape index (κ2) is 45.8. The van der Waals surface area contributed by atoms with E-state index in [0.717, 1.165) is 77.0 Å². The molecule has 0 aromatic rings. The lowest BCUT2D eigenvalue weighted by atomic mass is 10.0. The minimum Gasteiger partial charge on any atom is -0.462 e. The number of phosphoric ester groups is 1. The maximum atomic E-state index is 12.8. The smallest absolute Gasteiger partial charge is 0.462 e. The van der Waals surface area contributed by atoms with Gasteiger partial charge in [0.1, 0.15) is 12.7 Å². The zero-order valence-corrected chi connectivity index (χ0v) is 41.0. The van der Waals surface area contributed by atoms with Gasteiger partial charge >= 0.3 is 25.7 Å². The summed E-state index contributed by atoms with van der Waals surface area (Å²) in [6, 6.07) is 0. The van der Waals surface area contributed by atoms with E-state index in [1.165, 1.54) is 116 Å². The molecule has 11 nitrogen and oxygen atoms in total. The summed E-state index contributed by atoms with van der Waals surface area (Å²) in [5.41, 5.74) is 0. The van der Waals surface area contributed by atoms with Gasteiger partial charge in [0.15, 0.2) is 6.10 Å². The fourth-order valence-corrected chi connectivity index (χ4v) is 8.00. The highest BCUT2D eigenvalue weighted by molar-refractivity contribution is 7.47. The molecule has 0 radical (unpaired) electrons. The minimum atomic E-state index is -4.73. The van der Waals surface area contributed by atoms with Crippen LogP contribution in [0.3, 0.4) is 0 Å². The maximum absolute atomic E-state index is 12.8. The quantitative estimate of drug-likeness (QED) is 0.0197. The van der Waals surface area contributed by atoms with Gasteiger partial charge in [0.05, 0.1) is 19.8 Å². The molecule has 2 N–H and O–H groups in total. The number of phosphoric acid groups is 1. The Kier molecular flexibility index (Phi) is 44.5. The number of aliphatic hydroxyl groups excluding tert-OH is 1. The van der Waals surface area contributed by atoms with Crippen LogP contribution < -0.4 is 0 Å². The minimum absolute atomic E-state index is 0.172. The van der Waals surface area contributed by atoms with E-state index in [0.29, 0.717) is 19.3 Å². The predicted octanol–water partition coefficient (Wildman–Crippen LogP) is 14.1. The lowest BCUT2D eigenvalue weighted by Gasteiger charge is -2.21. The standard InChI is InChI=1S/C50H95O11P/c1-4-7-10-13-16-19-22-23-26-29-32-35-38-41-50(54)61-47(43-57-48(52)39-36-33-30-27-24-20-17-14-11-8-5-2)45-59-62(55,56)58-44-46(42-51)60-49(53)40-37-34-31-28-25-21-18-15-12-9-6-3/h15,18,46-47,51H,4-14,16-17,19-45H2,1-3H3,(H,55,56)/b18-15-. The van der Waals surface area contributed by atoms with Crippen molar-refractivity contribution >= 4 is 25.7 Å². The van der Waals surface area contributed by atoms with Crippen molar-refractivity contribution in [3.8, 4) is 0 Å². The van der Waals surface area contributed by atoms with Crippen molar-refractivity contribution in [3.05, 3.63) is 12.2 Å². The number of hydrogen-bond donors (Lipinski definition) is 2. The number of unbranched alkanes of at least 4 members (excludes halogenated alkanes) is 29. The molecule has 3 atom stereocenters. The summed E-state index contributed by atoms with van der Waals surface area (Å²) in [7, 11) is -4.73. The molecule has 0 aliphatic carbocycles. The highest BCUT2D eigenvalue weighted by Gasteiger charge is 2.28. The lowest BCUT2D eigenvalue weighted by molar-refractivity contribution is -0.161. The number of aliphatic hydroxyl groups is 1. The summed E-state index contributed by atoms with van der Waals surface area (Å²) in [6.45, 7) is 4.60. The van der Waals surface area contributed by atoms with Crippen molar-refractivity contribution in [1.82, 2.24) is 0 Å². The molecule has 62 heavy (non-hydrogen) atoms. The van der Waals surface area contributed by atoms with E-state index in [2.05, 4.69) is 32.9 Å². The Morgan fingerprint density at radius 3 is 1.16 bits per heavy atom. The van der Waals surface area contributed by atoms with Crippen LogP contribution in [-0.4, -0.2) is 66.5 Å². The van der Waals surface area contributed by atoms with Crippen LogP contribution in [0.25, 0.3) is 0 Å². The van der Waals surface area contributed by atoms with Crippen molar-refractivity contribution in [2.24, 2.45) is 0 Å². The molecule has 0 spiro atoms. The van der Waals surface area contributed by atoms with Gasteiger partial charge in [-0.25, -0.2) is 4.57 Å². The number of ether oxygens (including phenoxy) is 3. The molecule has 0 saturated carbocycles. The number of carbonyl (C=O) groups is 3. The molecule has 0 aromatic carbocycles. The van der Waals surface area contributed by atoms with E-state index >= 15 is 0 Å². The third kappa shape index (κ3) is 43.5. The Balaban J connectivity index is 4.71. The molecule has 366 valence electrons. The predicted molar refractivity (Wildman–Crippen MR) is 252 cm³/mol. The van der Waals surface area contributed by atoms with Crippen LogP contribution >= 0.6 is 7.82 Å². The van der Waals surface area contributed by atoms with Crippen molar-refractivity contribution in [2.45, 2.75) is 264 Å². The SMILES string of the molecule is CCCC/C=C\CCCCCCCC(=O)OC(CO)COP(=O)(O)OCC(COC(=O)CCCCCCCCCCCCC)OC(=O)CCCCCCCCCCCCCCC. The zero-order chi connectivity index (χ0) is 45.6. The van der Waals surface area contributed by atoms with E-state index in [1.807, 2.05) is 0 Å². The van der Waals surface area contributed by atoms with E-state index in [4.69, 9.17) is 23.3 Å². The van der Waals surface area contributed by atoms with Crippen LogP contribution in [-0.2, 0) is 42.2 Å². The summed E-state index contributed by atoms with van der Waals surface area (Å²) in [6.07, 6.45) is 40.4. The van der Waals surface area contributed by atoms with Crippen LogP contribution in [0.4, 0.5) is 0 Å². The van der Waals surface area contributed by atoms with Gasteiger partial charge < -0.3 is 24.2 Å². The summed E-state index contributed by atoms with van der Waals surface area (Å²) in [5, 5.41) is 9.74. The van der Waals surface area contributed by atoms with Crippen LogP contribution in [0.2, 0.25) is 0 Å². The molecule has 0 aromatic heterocycles. The highest BCUT2D eigenvalue weighted by atomic mass is 31.2. The first-order valence-electron chi connectivity index (χ1n) is 25.6. The largest absolute Gasteiger partial charge is 0.472 e. The number of allylic oxidation sites excluding steroid dienone is 2. The molecular weight excluding hydrogens is 808 g/mol. The fourth-order valence-electron chi connectivity index (χ4n) is 7.22. The Morgan fingerprint density at radius 1 is 0.435 bits per heavy atom. The van der Waals surface area contributed by atoms with Crippen molar-refractivity contribution in [1.29, 1.82) is 0 Å². The third-order valence-electron chi connectivity index (χ3n) is 11.2. The van der Waals surface area contributed by atoms with Gasteiger partial charge in [-0.15, -0.1) is 0 Å². The zero-order valence-electron chi connectivity index (χ0n) is 40.1. The molecule has 0 fully saturated rings. The molecule has 0 saturated heterocycles. The van der Waals surface area contributed by atoms with Gasteiger partial charge in [0.25, 0.3) is 0 Å². The molecule has 12 heteroatoms. The first kappa shape index (κ1) is 60.2. The molecule has 0 aliphatic rings. The van der Waals surface area contributed by atoms with Gasteiger partial charge in [0, 0.05) is 19.3 Å². The molecule has 0 aliphatic heterocycles. The van der Waals surface area contributed by atoms with Crippen LogP contribution in [0.5, 0.6) is 0 Å². The second-order valence-electron chi connectivity index (χ2n) is 17.3. The lowest BCUT2D eigenvalue weighted by Crippen LogP contribution is -2.30. The van der Waals surface area contributed by atoms with E-state index in [9.17, 15) is 28.9 Å². The van der Waals surface area contributed by atoms with Crippen LogP contribution in [0.1, 0.15) is 252 Å². The van der Waals surface area contributed by atoms with Crippen molar-refractivity contribution in [3.63, 3.8) is 0 Å². The molecule has 0 rings (SSSR count). The molecule has 3 unspecified atom stereocenters. The number of hydrogen-bond acceptors (Lipinski definition) is 10. The first-order chi connectivity index (χ1) is 30.2. The Hall–Kier alpha value is -1.78. The van der Waals surface area contributed by atoms with Gasteiger partial charge in [-0.1, -0.05) is 206 Å². The van der Waals surface area contributed by atoms with E-state index in [1.54, 1.807) is 0 Å². The average Bonchev–Trinajstić information content (AvgIpc) is 3.25.